The Labute approximate surface area is 264 Å². The molecule has 8 nitrogen and oxygen atoms in total. The molecule has 13 heteroatoms. The minimum Gasteiger partial charge on any atom is -0.378 e. The van der Waals surface area contributed by atoms with Gasteiger partial charge in [-0.15, -0.1) is 5.53 Å². The summed E-state index contributed by atoms with van der Waals surface area (Å²) in [5, 5.41) is 28.2. The zero-order valence-electron chi connectivity index (χ0n) is 24.6. The van der Waals surface area contributed by atoms with Crippen LogP contribution in [0.15, 0.2) is 84.8 Å². The summed E-state index contributed by atoms with van der Waals surface area (Å²) >= 11 is 0. The van der Waals surface area contributed by atoms with Gasteiger partial charge in [-0.3, -0.25) is 9.99 Å². The Morgan fingerprint density at radius 2 is 1.74 bits per heavy atom. The Hall–Kier alpha value is -5.27. The van der Waals surface area contributed by atoms with Gasteiger partial charge in [0.25, 0.3) is 0 Å². The number of pyridine rings is 1. The molecule has 230 valence electrons. The van der Waals surface area contributed by atoms with E-state index >= 15 is 0 Å². The molecule has 1 fully saturated rings. The van der Waals surface area contributed by atoms with Crippen LogP contribution in [0, 0.1) is 28.5 Å². The molecule has 1 unspecified atom stereocenters. The monoisotopic (exact) mass is 622 g/mol. The van der Waals surface area contributed by atoms with E-state index in [1.165, 1.54) is 42.7 Å². The standard InChI is InChI=1S/C33H27BF4N8/c1-2-27(20-6-4-3-5-7-20)42-30-22(17-40)18-41-29-21(16-39)14-25(15-26(29)30)43-32(34,23-8-10-24(35)11-9-23)28-19-46(45-44-28)31(12-13-31)33(36,37)38/h3-11,14-15,18-19,27,43-45H,2,12-13H2,1H3,(H,41,42)/t27-,32?/m1/s1. The Morgan fingerprint density at radius 3 is 2.35 bits per heavy atom. The average molecular weight is 622 g/mol. The molecule has 2 heterocycles. The van der Waals surface area contributed by atoms with Crippen molar-refractivity contribution in [2.24, 2.45) is 0 Å². The molecule has 0 spiro atoms. The summed E-state index contributed by atoms with van der Waals surface area (Å²) in [7, 11) is 6.97. The predicted octanol–water partition coefficient (Wildman–Crippen LogP) is 6.37. The number of nitriles is 2. The Kier molecular flexibility index (Phi) is 7.74. The number of nitrogens with zero attached hydrogens (tertiary/aromatic N) is 4. The third kappa shape index (κ3) is 5.33. The van der Waals surface area contributed by atoms with Crippen LogP contribution >= 0.6 is 0 Å². The maximum Gasteiger partial charge on any atom is 0.413 e. The van der Waals surface area contributed by atoms with Crippen LogP contribution in [0.5, 0.6) is 0 Å². The van der Waals surface area contributed by atoms with Crippen molar-refractivity contribution >= 4 is 30.1 Å². The summed E-state index contributed by atoms with van der Waals surface area (Å²) in [6, 6.07) is 22.3. The van der Waals surface area contributed by atoms with Crippen molar-refractivity contribution in [2.45, 2.75) is 49.4 Å². The third-order valence-electron chi connectivity index (χ3n) is 8.49. The van der Waals surface area contributed by atoms with Gasteiger partial charge in [0.05, 0.1) is 39.5 Å². The van der Waals surface area contributed by atoms with Gasteiger partial charge in [-0.05, 0) is 54.7 Å². The number of anilines is 2. The normalized spacial score (nSPS) is 17.2. The zero-order chi connectivity index (χ0) is 32.7. The van der Waals surface area contributed by atoms with Gasteiger partial charge in [-0.25, -0.2) is 4.39 Å². The fourth-order valence-corrected chi connectivity index (χ4v) is 5.74. The van der Waals surface area contributed by atoms with E-state index in [4.69, 9.17) is 7.85 Å². The minimum absolute atomic E-state index is 0.0988. The van der Waals surface area contributed by atoms with E-state index < -0.39 is 23.0 Å². The molecule has 2 aliphatic rings. The van der Waals surface area contributed by atoms with Crippen molar-refractivity contribution < 1.29 is 17.6 Å². The quantitative estimate of drug-likeness (QED) is 0.126. The summed E-state index contributed by atoms with van der Waals surface area (Å²) in [5.74, 6) is -0.527. The van der Waals surface area contributed by atoms with Crippen LogP contribution in [0.3, 0.4) is 0 Å². The average Bonchev–Trinajstić information content (AvgIpc) is 3.73. The van der Waals surface area contributed by atoms with Crippen LogP contribution in [0.1, 0.15) is 54.5 Å². The second-order valence-corrected chi connectivity index (χ2v) is 11.3. The fraction of sp³-hybridized carbons (Fsp3) is 0.242. The van der Waals surface area contributed by atoms with Crippen molar-refractivity contribution in [3.63, 3.8) is 0 Å². The van der Waals surface area contributed by atoms with E-state index in [1.54, 1.807) is 6.07 Å². The fourth-order valence-electron chi connectivity index (χ4n) is 5.74. The highest BCUT2D eigenvalue weighted by molar-refractivity contribution is 6.19. The first-order valence-corrected chi connectivity index (χ1v) is 14.5. The van der Waals surface area contributed by atoms with Gasteiger partial charge in [0.1, 0.15) is 25.8 Å². The molecule has 1 aliphatic heterocycles. The van der Waals surface area contributed by atoms with E-state index in [-0.39, 0.29) is 35.7 Å². The van der Waals surface area contributed by atoms with Crippen molar-refractivity contribution in [3.8, 4) is 12.1 Å². The molecule has 6 rings (SSSR count). The first kappa shape index (κ1) is 30.7. The van der Waals surface area contributed by atoms with Gasteiger partial charge in [0.2, 0.25) is 0 Å². The van der Waals surface area contributed by atoms with Gasteiger partial charge >= 0.3 is 6.18 Å². The second-order valence-electron chi connectivity index (χ2n) is 11.3. The van der Waals surface area contributed by atoms with E-state index in [0.717, 1.165) is 10.6 Å². The number of rotatable bonds is 9. The van der Waals surface area contributed by atoms with Crippen molar-refractivity contribution in [1.29, 1.82) is 10.5 Å². The van der Waals surface area contributed by atoms with Gasteiger partial charge in [0.15, 0.2) is 5.54 Å². The van der Waals surface area contributed by atoms with Crippen LogP contribution < -0.4 is 21.6 Å². The number of hydrogen-bond acceptors (Lipinski definition) is 8. The SMILES string of the molecule is [B]C(Nc1cc(C#N)c2ncc(C#N)c(N[C@H](CC)c3ccccc3)c2c1)(C1=CN(C2(C(F)(F)F)CC2)NN1)c1ccc(F)cc1. The van der Waals surface area contributed by atoms with Gasteiger partial charge in [0, 0.05) is 23.5 Å². The molecule has 0 saturated heterocycles. The highest BCUT2D eigenvalue weighted by Crippen LogP contribution is 2.54. The molecule has 0 bridgehead atoms. The smallest absolute Gasteiger partial charge is 0.378 e. The van der Waals surface area contributed by atoms with Gasteiger partial charge in [-0.1, -0.05) is 49.4 Å². The van der Waals surface area contributed by atoms with E-state index in [2.05, 4.69) is 38.7 Å². The van der Waals surface area contributed by atoms with Gasteiger partial charge < -0.3 is 16.1 Å². The molecule has 1 saturated carbocycles. The highest BCUT2D eigenvalue weighted by Gasteiger charge is 2.67. The van der Waals surface area contributed by atoms with Crippen LogP contribution in [0.2, 0.25) is 0 Å². The third-order valence-corrected chi connectivity index (χ3v) is 8.49. The molecular formula is C33H27BF4N8. The van der Waals surface area contributed by atoms with Crippen LogP contribution in [-0.4, -0.2) is 29.6 Å². The lowest BCUT2D eigenvalue weighted by atomic mass is 9.69. The maximum atomic E-state index is 14.0. The minimum atomic E-state index is -4.50. The number of nitrogens with one attached hydrogen (secondary N) is 4. The molecule has 1 aromatic heterocycles. The second kappa shape index (κ2) is 11.6. The van der Waals surface area contributed by atoms with E-state index in [9.17, 15) is 28.1 Å². The number of halogens is 4. The van der Waals surface area contributed by atoms with Crippen molar-refractivity contribution in [3.05, 3.63) is 113 Å². The maximum absolute atomic E-state index is 14.0. The Morgan fingerprint density at radius 1 is 1.04 bits per heavy atom. The molecule has 0 amide bonds. The molecule has 2 radical (unpaired) electrons. The topological polar surface area (TPSA) is 112 Å². The number of hydrazine groups is 2. The largest absolute Gasteiger partial charge is 0.413 e. The number of alkyl halides is 3. The lowest BCUT2D eigenvalue weighted by molar-refractivity contribution is -0.195. The molecular weight excluding hydrogens is 595 g/mol. The Bertz CT molecular complexity index is 1900. The molecule has 4 N–H and O–H groups in total. The van der Waals surface area contributed by atoms with Gasteiger partial charge in [-0.2, -0.15) is 23.7 Å². The summed E-state index contributed by atoms with van der Waals surface area (Å²) in [6.07, 6.45) is -1.36. The molecule has 2 atom stereocenters. The van der Waals surface area contributed by atoms with E-state index in [1.807, 2.05) is 37.3 Å². The van der Waals surface area contributed by atoms with Crippen molar-refractivity contribution in [1.82, 2.24) is 21.0 Å². The van der Waals surface area contributed by atoms with Crippen LogP contribution in [0.4, 0.5) is 28.9 Å². The summed E-state index contributed by atoms with van der Waals surface area (Å²) in [5.41, 5.74) is 4.49. The first-order chi connectivity index (χ1) is 22.0. The summed E-state index contributed by atoms with van der Waals surface area (Å²) in [4.78, 5) is 4.41. The Balaban J connectivity index is 1.47. The van der Waals surface area contributed by atoms with Crippen LogP contribution in [-0.2, 0) is 5.44 Å². The highest BCUT2D eigenvalue weighted by atomic mass is 19.4. The van der Waals surface area contributed by atoms with Crippen molar-refractivity contribution in [2.75, 3.05) is 10.6 Å². The molecule has 1 aliphatic carbocycles. The number of hydrogen-bond donors (Lipinski definition) is 4. The predicted molar refractivity (Wildman–Crippen MR) is 166 cm³/mol. The first-order valence-electron chi connectivity index (χ1n) is 14.5. The van der Waals surface area contributed by atoms with Crippen LogP contribution in [0.25, 0.3) is 10.9 Å². The lowest BCUT2D eigenvalue weighted by Gasteiger charge is -2.34. The zero-order valence-corrected chi connectivity index (χ0v) is 24.6. The van der Waals surface area contributed by atoms with E-state index in [0.29, 0.717) is 34.3 Å². The number of fused-ring (bicyclic) bond motifs is 1. The summed E-state index contributed by atoms with van der Waals surface area (Å²) < 4.78 is 55.8. The molecule has 4 aromatic rings. The summed E-state index contributed by atoms with van der Waals surface area (Å²) in [6.45, 7) is 2.00. The molecule has 46 heavy (non-hydrogen) atoms. The lowest BCUT2D eigenvalue weighted by Crippen LogP contribution is -2.53. The number of benzene rings is 3. The molecule has 3 aromatic carbocycles. The number of aromatic nitrogens is 1.